The molecule has 1 aliphatic carbocycles. The maximum atomic E-state index is 12.8. The lowest BCUT2D eigenvalue weighted by atomic mass is 9.82. The molecule has 1 saturated carbocycles. The van der Waals surface area contributed by atoms with Gasteiger partial charge in [-0.25, -0.2) is 23.1 Å². The number of fused-ring (bicyclic) bond motifs is 1. The van der Waals surface area contributed by atoms with E-state index in [0.29, 0.717) is 29.5 Å². The van der Waals surface area contributed by atoms with Crippen molar-refractivity contribution in [3.8, 4) is 0 Å². The van der Waals surface area contributed by atoms with Crippen LogP contribution in [-0.2, 0) is 10.0 Å². The number of sulfonamides is 1. The summed E-state index contributed by atoms with van der Waals surface area (Å²) in [4.78, 5) is 8.71. The fourth-order valence-electron chi connectivity index (χ4n) is 3.86. The van der Waals surface area contributed by atoms with E-state index in [1.807, 2.05) is 6.92 Å². The number of nitrogens with two attached hydrogens (primary N) is 1. The van der Waals surface area contributed by atoms with Crippen LogP contribution in [0.15, 0.2) is 46.2 Å². The zero-order valence-corrected chi connectivity index (χ0v) is 18.2. The lowest BCUT2D eigenvalue weighted by Crippen LogP contribution is -2.41. The van der Waals surface area contributed by atoms with Crippen LogP contribution in [0.5, 0.6) is 0 Å². The third-order valence-corrected chi connectivity index (χ3v) is 7.28. The average Bonchev–Trinajstić information content (AvgIpc) is 3.07. The van der Waals surface area contributed by atoms with Gasteiger partial charge in [-0.3, -0.25) is 4.40 Å². The second-order valence-corrected chi connectivity index (χ2v) is 9.97. The molecule has 2 heterocycles. The lowest BCUT2D eigenvalue weighted by molar-refractivity contribution is 0.0943. The highest BCUT2D eigenvalue weighted by Crippen LogP contribution is 2.35. The van der Waals surface area contributed by atoms with E-state index in [1.165, 1.54) is 0 Å². The molecule has 0 amide bonds. The highest BCUT2D eigenvalue weighted by Gasteiger charge is 2.34. The van der Waals surface area contributed by atoms with E-state index in [-0.39, 0.29) is 22.7 Å². The summed E-state index contributed by atoms with van der Waals surface area (Å²) in [6, 6.07) is 6.46. The first kappa shape index (κ1) is 20.3. The van der Waals surface area contributed by atoms with E-state index in [4.69, 9.17) is 5.73 Å². The largest absolute Gasteiger partial charge is 0.392 e. The lowest BCUT2D eigenvalue weighted by Gasteiger charge is -2.33. The number of rotatable bonds is 4. The van der Waals surface area contributed by atoms with Gasteiger partial charge < -0.3 is 10.8 Å². The summed E-state index contributed by atoms with van der Waals surface area (Å²) in [5.74, 6) is 0.00529. The number of hydrogen-bond donors (Lipinski definition) is 3. The third kappa shape index (κ3) is 4.02. The Balaban J connectivity index is 1.60. The van der Waals surface area contributed by atoms with Crippen molar-refractivity contribution in [2.75, 3.05) is 5.73 Å². The van der Waals surface area contributed by atoms with Crippen LogP contribution in [0.2, 0.25) is 0 Å². The molecule has 0 radical (unpaired) electrons. The minimum absolute atomic E-state index is 0.239. The Bertz CT molecular complexity index is 1150. The number of nitrogen functional groups attached to an aromatic ring is 1. The van der Waals surface area contributed by atoms with Crippen molar-refractivity contribution in [3.05, 3.63) is 52.5 Å². The fraction of sp³-hybridized carbons (Fsp3) is 0.368. The number of aryl methyl sites for hydroxylation is 1. The van der Waals surface area contributed by atoms with Crippen LogP contribution in [0, 0.1) is 6.92 Å². The van der Waals surface area contributed by atoms with Gasteiger partial charge in [0.15, 0.2) is 11.5 Å². The number of nitrogens with one attached hydrogen (secondary N) is 1. The number of imidazole rings is 1. The van der Waals surface area contributed by atoms with Crippen molar-refractivity contribution < 1.29 is 13.5 Å². The first-order valence-corrected chi connectivity index (χ1v) is 11.6. The van der Waals surface area contributed by atoms with E-state index in [9.17, 15) is 13.5 Å². The zero-order chi connectivity index (χ0) is 20.8. The standard InChI is InChI=1S/C19H22BrN5O3S/c1-11-2-5-13(6-3-11)29(27,28)24-12-4-7-16(26)14(8-12)15-9-22-19-18(21)23-17(20)10-25(15)19/h2-3,5-6,9-10,12,14,16,24,26H,4,7-8H2,1H3,(H2,21,23). The van der Waals surface area contributed by atoms with Gasteiger partial charge in [0.1, 0.15) is 4.60 Å². The van der Waals surface area contributed by atoms with Gasteiger partial charge in [0, 0.05) is 30.0 Å². The molecule has 0 aliphatic heterocycles. The van der Waals surface area contributed by atoms with Gasteiger partial charge >= 0.3 is 0 Å². The summed E-state index contributed by atoms with van der Waals surface area (Å²) < 4.78 is 30.7. The normalized spacial score (nSPS) is 22.8. The Kier molecular flexibility index (Phi) is 5.36. The third-order valence-electron chi connectivity index (χ3n) is 5.36. The summed E-state index contributed by atoms with van der Waals surface area (Å²) in [6.45, 7) is 1.91. The van der Waals surface area contributed by atoms with Gasteiger partial charge in [-0.1, -0.05) is 17.7 Å². The summed E-state index contributed by atoms with van der Waals surface area (Å²) in [5.41, 5.74) is 8.23. The van der Waals surface area contributed by atoms with Crippen LogP contribution >= 0.6 is 15.9 Å². The molecule has 29 heavy (non-hydrogen) atoms. The van der Waals surface area contributed by atoms with Crippen molar-refractivity contribution in [1.82, 2.24) is 19.1 Å². The molecule has 1 aliphatic rings. The van der Waals surface area contributed by atoms with Gasteiger partial charge in [-0.15, -0.1) is 0 Å². The monoisotopic (exact) mass is 479 g/mol. The van der Waals surface area contributed by atoms with E-state index in [2.05, 4.69) is 30.6 Å². The molecule has 10 heteroatoms. The Morgan fingerprint density at radius 3 is 2.72 bits per heavy atom. The van der Waals surface area contributed by atoms with Crippen LogP contribution in [-0.4, -0.2) is 40.0 Å². The Morgan fingerprint density at radius 1 is 1.28 bits per heavy atom. The van der Waals surface area contributed by atoms with Crippen molar-refractivity contribution in [2.45, 2.75) is 49.1 Å². The van der Waals surface area contributed by atoms with Crippen molar-refractivity contribution in [3.63, 3.8) is 0 Å². The molecule has 2 aromatic heterocycles. The predicted molar refractivity (Wildman–Crippen MR) is 113 cm³/mol. The van der Waals surface area contributed by atoms with E-state index in [1.54, 1.807) is 41.1 Å². The van der Waals surface area contributed by atoms with E-state index >= 15 is 0 Å². The molecule has 0 spiro atoms. The molecule has 154 valence electrons. The molecule has 3 aromatic rings. The van der Waals surface area contributed by atoms with Gasteiger partial charge in [-0.05, 0) is 54.2 Å². The van der Waals surface area contributed by atoms with Crippen molar-refractivity contribution in [1.29, 1.82) is 0 Å². The second-order valence-electron chi connectivity index (χ2n) is 7.44. The number of nitrogens with zero attached hydrogens (tertiary/aromatic N) is 3. The Morgan fingerprint density at radius 2 is 2.00 bits per heavy atom. The van der Waals surface area contributed by atoms with Crippen LogP contribution < -0.4 is 10.5 Å². The van der Waals surface area contributed by atoms with Crippen LogP contribution in [0.25, 0.3) is 5.65 Å². The number of halogens is 1. The summed E-state index contributed by atoms with van der Waals surface area (Å²) in [6.07, 6.45) is 4.34. The first-order chi connectivity index (χ1) is 13.7. The van der Waals surface area contributed by atoms with E-state index < -0.39 is 16.1 Å². The number of benzene rings is 1. The zero-order valence-electron chi connectivity index (χ0n) is 15.8. The minimum atomic E-state index is -3.63. The SMILES string of the molecule is Cc1ccc(S(=O)(=O)NC2CCC(O)C(c3cnc4c(N)nc(Br)cn34)C2)cc1. The van der Waals surface area contributed by atoms with E-state index in [0.717, 1.165) is 11.3 Å². The maximum absolute atomic E-state index is 12.8. The molecular formula is C19H22BrN5O3S. The number of aliphatic hydroxyl groups excluding tert-OH is 1. The van der Waals surface area contributed by atoms with Crippen LogP contribution in [0.3, 0.4) is 0 Å². The number of anilines is 1. The fourth-order valence-corrected chi connectivity index (χ4v) is 5.54. The summed E-state index contributed by atoms with van der Waals surface area (Å²) in [7, 11) is -3.63. The Hall–Kier alpha value is -2.01. The molecule has 1 aromatic carbocycles. The molecule has 3 atom stereocenters. The predicted octanol–water partition coefficient (Wildman–Crippen LogP) is 2.36. The number of aromatic nitrogens is 3. The maximum Gasteiger partial charge on any atom is 0.240 e. The van der Waals surface area contributed by atoms with Gasteiger partial charge in [0.25, 0.3) is 0 Å². The molecule has 3 unspecified atom stereocenters. The molecule has 1 fully saturated rings. The molecule has 4 N–H and O–H groups in total. The van der Waals surface area contributed by atoms with Crippen molar-refractivity contribution in [2.24, 2.45) is 0 Å². The quantitative estimate of drug-likeness (QED) is 0.527. The van der Waals surface area contributed by atoms with Gasteiger partial charge in [0.05, 0.1) is 11.0 Å². The topological polar surface area (TPSA) is 123 Å². The minimum Gasteiger partial charge on any atom is -0.392 e. The molecule has 0 bridgehead atoms. The highest BCUT2D eigenvalue weighted by molar-refractivity contribution is 9.10. The highest BCUT2D eigenvalue weighted by atomic mass is 79.9. The summed E-state index contributed by atoms with van der Waals surface area (Å²) in [5, 5.41) is 10.6. The molecule has 8 nitrogen and oxygen atoms in total. The average molecular weight is 480 g/mol. The van der Waals surface area contributed by atoms with Gasteiger partial charge in [-0.2, -0.15) is 0 Å². The molecular weight excluding hydrogens is 458 g/mol. The van der Waals surface area contributed by atoms with Crippen molar-refractivity contribution >= 4 is 37.4 Å². The number of aliphatic hydroxyl groups is 1. The molecule has 0 saturated heterocycles. The van der Waals surface area contributed by atoms with Crippen LogP contribution in [0.1, 0.15) is 36.4 Å². The van der Waals surface area contributed by atoms with Gasteiger partial charge in [0.2, 0.25) is 10.0 Å². The van der Waals surface area contributed by atoms with Crippen LogP contribution in [0.4, 0.5) is 5.82 Å². The number of hydrogen-bond acceptors (Lipinski definition) is 6. The Labute approximate surface area is 177 Å². The first-order valence-electron chi connectivity index (χ1n) is 9.30. The summed E-state index contributed by atoms with van der Waals surface area (Å²) >= 11 is 3.33. The smallest absolute Gasteiger partial charge is 0.240 e. The second kappa shape index (κ2) is 7.67. The molecule has 4 rings (SSSR count).